The van der Waals surface area contributed by atoms with Crippen molar-refractivity contribution in [1.82, 2.24) is 14.8 Å². The van der Waals surface area contributed by atoms with Crippen molar-refractivity contribution in [3.63, 3.8) is 0 Å². The number of para-hydroxylation sites is 1. The zero-order valence-electron chi connectivity index (χ0n) is 12.9. The summed E-state index contributed by atoms with van der Waals surface area (Å²) >= 11 is 0. The molecule has 0 radical (unpaired) electrons. The highest BCUT2D eigenvalue weighted by Gasteiger charge is 2.21. The number of furan rings is 1. The Hall–Kier alpha value is -2.88. The Balaban J connectivity index is 1.84. The van der Waals surface area contributed by atoms with Gasteiger partial charge in [0, 0.05) is 5.39 Å². The second-order valence-corrected chi connectivity index (χ2v) is 5.56. The van der Waals surface area contributed by atoms with Gasteiger partial charge in [0.15, 0.2) is 0 Å². The quantitative estimate of drug-likeness (QED) is 0.567. The average Bonchev–Trinajstić information content (AvgIpc) is 3.25. The monoisotopic (exact) mass is 303 g/mol. The van der Waals surface area contributed by atoms with E-state index in [0.29, 0.717) is 0 Å². The van der Waals surface area contributed by atoms with Gasteiger partial charge < -0.3 is 4.42 Å². The van der Waals surface area contributed by atoms with E-state index < -0.39 is 0 Å². The highest BCUT2D eigenvalue weighted by Crippen LogP contribution is 2.30. The van der Waals surface area contributed by atoms with Gasteiger partial charge in [0.25, 0.3) is 0 Å². The third kappa shape index (κ3) is 2.52. The first kappa shape index (κ1) is 13.8. The standard InChI is InChI=1S/C19H17N3O/c1-2-14-7-9-15(10-8-14)19(22-13-20-12-21-22)18-11-16-5-3-4-6-17(16)23-18/h3-13,19H,2H2,1H3. The summed E-state index contributed by atoms with van der Waals surface area (Å²) in [5.74, 6) is 0.862. The van der Waals surface area contributed by atoms with Crippen LogP contribution in [0.3, 0.4) is 0 Å². The number of aromatic nitrogens is 3. The van der Waals surface area contributed by atoms with Crippen molar-refractivity contribution in [3.05, 3.63) is 84.1 Å². The van der Waals surface area contributed by atoms with Gasteiger partial charge in [-0.3, -0.25) is 0 Å². The van der Waals surface area contributed by atoms with Crippen molar-refractivity contribution < 1.29 is 4.42 Å². The van der Waals surface area contributed by atoms with E-state index in [9.17, 15) is 0 Å². The smallest absolute Gasteiger partial charge is 0.137 e. The maximum Gasteiger partial charge on any atom is 0.137 e. The van der Waals surface area contributed by atoms with Crippen LogP contribution in [0.15, 0.2) is 71.7 Å². The lowest BCUT2D eigenvalue weighted by atomic mass is 10.0. The largest absolute Gasteiger partial charge is 0.458 e. The van der Waals surface area contributed by atoms with Crippen LogP contribution in [0.4, 0.5) is 0 Å². The zero-order valence-corrected chi connectivity index (χ0v) is 12.9. The molecule has 2 heterocycles. The first-order valence-corrected chi connectivity index (χ1v) is 7.76. The Morgan fingerprint density at radius 2 is 1.91 bits per heavy atom. The summed E-state index contributed by atoms with van der Waals surface area (Å²) in [5, 5.41) is 5.42. The first-order valence-electron chi connectivity index (χ1n) is 7.76. The van der Waals surface area contributed by atoms with Gasteiger partial charge in [0.05, 0.1) is 0 Å². The normalized spacial score (nSPS) is 12.6. The lowest BCUT2D eigenvalue weighted by Gasteiger charge is -2.15. The van der Waals surface area contributed by atoms with E-state index in [2.05, 4.69) is 53.4 Å². The molecule has 2 aromatic carbocycles. The molecule has 0 aliphatic heterocycles. The van der Waals surface area contributed by atoms with Crippen LogP contribution in [-0.4, -0.2) is 14.8 Å². The zero-order chi connectivity index (χ0) is 15.6. The minimum Gasteiger partial charge on any atom is -0.458 e. The van der Waals surface area contributed by atoms with E-state index in [-0.39, 0.29) is 6.04 Å². The maximum absolute atomic E-state index is 6.08. The second kappa shape index (κ2) is 5.72. The summed E-state index contributed by atoms with van der Waals surface area (Å²) in [6, 6.07) is 18.6. The van der Waals surface area contributed by atoms with Crippen molar-refractivity contribution in [1.29, 1.82) is 0 Å². The summed E-state index contributed by atoms with van der Waals surface area (Å²) < 4.78 is 7.91. The molecule has 0 saturated carbocycles. The first-order chi connectivity index (χ1) is 11.3. The van der Waals surface area contributed by atoms with Crippen molar-refractivity contribution in [2.75, 3.05) is 0 Å². The van der Waals surface area contributed by atoms with Gasteiger partial charge in [-0.2, -0.15) is 5.10 Å². The van der Waals surface area contributed by atoms with Crippen LogP contribution < -0.4 is 0 Å². The van der Waals surface area contributed by atoms with Crippen LogP contribution in [0, 0.1) is 0 Å². The number of benzene rings is 2. The van der Waals surface area contributed by atoms with Gasteiger partial charge in [-0.25, -0.2) is 9.67 Å². The predicted octanol–water partition coefficient (Wildman–Crippen LogP) is 4.22. The molecule has 0 N–H and O–H groups in total. The second-order valence-electron chi connectivity index (χ2n) is 5.56. The fourth-order valence-corrected chi connectivity index (χ4v) is 2.87. The van der Waals surface area contributed by atoms with E-state index in [4.69, 9.17) is 4.42 Å². The molecule has 0 aliphatic carbocycles. The average molecular weight is 303 g/mol. The molecule has 0 saturated heterocycles. The highest BCUT2D eigenvalue weighted by molar-refractivity contribution is 5.78. The molecule has 0 aliphatic rings. The number of nitrogens with zero attached hydrogens (tertiary/aromatic N) is 3. The van der Waals surface area contributed by atoms with Crippen molar-refractivity contribution in [2.45, 2.75) is 19.4 Å². The number of aryl methyl sites for hydroxylation is 1. The summed E-state index contributed by atoms with van der Waals surface area (Å²) in [6.07, 6.45) is 4.31. The Kier molecular flexibility index (Phi) is 3.42. The molecule has 4 nitrogen and oxygen atoms in total. The van der Waals surface area contributed by atoms with E-state index in [1.165, 1.54) is 5.56 Å². The van der Waals surface area contributed by atoms with Crippen LogP contribution in [0.5, 0.6) is 0 Å². The maximum atomic E-state index is 6.08. The Morgan fingerprint density at radius 1 is 1.09 bits per heavy atom. The number of hydrogen-bond acceptors (Lipinski definition) is 3. The van der Waals surface area contributed by atoms with Gasteiger partial charge in [-0.1, -0.05) is 49.4 Å². The molecule has 0 fully saturated rings. The van der Waals surface area contributed by atoms with E-state index in [1.54, 1.807) is 12.7 Å². The number of hydrogen-bond donors (Lipinski definition) is 0. The third-order valence-electron chi connectivity index (χ3n) is 4.12. The Labute approximate surface area is 134 Å². The predicted molar refractivity (Wildman–Crippen MR) is 89.3 cm³/mol. The fourth-order valence-electron chi connectivity index (χ4n) is 2.87. The molecule has 4 aromatic rings. The molecule has 1 atom stereocenters. The molecular formula is C19H17N3O. The molecule has 0 bridgehead atoms. The summed E-state index contributed by atoms with van der Waals surface area (Å²) in [4.78, 5) is 4.09. The molecule has 0 spiro atoms. The molecular weight excluding hydrogens is 286 g/mol. The van der Waals surface area contributed by atoms with E-state index in [0.717, 1.165) is 28.7 Å². The van der Waals surface area contributed by atoms with Crippen molar-refractivity contribution >= 4 is 11.0 Å². The summed E-state index contributed by atoms with van der Waals surface area (Å²) in [7, 11) is 0. The van der Waals surface area contributed by atoms with Gasteiger partial charge in [0.1, 0.15) is 30.0 Å². The minimum atomic E-state index is -0.115. The SMILES string of the molecule is CCc1ccc(C(c2cc3ccccc3o2)n2cncn2)cc1. The number of rotatable bonds is 4. The van der Waals surface area contributed by atoms with Crippen LogP contribution in [0.2, 0.25) is 0 Å². The van der Waals surface area contributed by atoms with E-state index >= 15 is 0 Å². The van der Waals surface area contributed by atoms with Crippen LogP contribution in [0.25, 0.3) is 11.0 Å². The molecule has 4 heteroatoms. The van der Waals surface area contributed by atoms with Gasteiger partial charge in [-0.05, 0) is 29.7 Å². The lowest BCUT2D eigenvalue weighted by Crippen LogP contribution is -2.12. The van der Waals surface area contributed by atoms with Crippen molar-refractivity contribution in [2.24, 2.45) is 0 Å². The molecule has 0 amide bonds. The lowest BCUT2D eigenvalue weighted by molar-refractivity contribution is 0.463. The van der Waals surface area contributed by atoms with Crippen molar-refractivity contribution in [3.8, 4) is 0 Å². The molecule has 2 aromatic heterocycles. The van der Waals surface area contributed by atoms with Gasteiger partial charge >= 0.3 is 0 Å². The number of fused-ring (bicyclic) bond motifs is 1. The van der Waals surface area contributed by atoms with Gasteiger partial charge in [0.2, 0.25) is 0 Å². The molecule has 1 unspecified atom stereocenters. The Morgan fingerprint density at radius 3 is 2.61 bits per heavy atom. The summed E-state index contributed by atoms with van der Waals surface area (Å²) in [6.45, 7) is 2.16. The topological polar surface area (TPSA) is 43.9 Å². The summed E-state index contributed by atoms with van der Waals surface area (Å²) in [5.41, 5.74) is 3.33. The fraction of sp³-hybridized carbons (Fsp3) is 0.158. The third-order valence-corrected chi connectivity index (χ3v) is 4.12. The van der Waals surface area contributed by atoms with Crippen LogP contribution in [0.1, 0.15) is 29.9 Å². The molecule has 23 heavy (non-hydrogen) atoms. The highest BCUT2D eigenvalue weighted by atomic mass is 16.3. The van der Waals surface area contributed by atoms with Crippen LogP contribution in [-0.2, 0) is 6.42 Å². The molecule has 4 rings (SSSR count). The van der Waals surface area contributed by atoms with Crippen LogP contribution >= 0.6 is 0 Å². The van der Waals surface area contributed by atoms with E-state index in [1.807, 2.05) is 22.9 Å². The van der Waals surface area contributed by atoms with Gasteiger partial charge in [-0.15, -0.1) is 0 Å². The minimum absolute atomic E-state index is 0.115. The Bertz CT molecular complexity index is 874. The molecule has 114 valence electrons.